The fraction of sp³-hybridized carbons (Fsp3) is 0.966. The van der Waals surface area contributed by atoms with Crippen LogP contribution in [-0.2, 0) is 9.53 Å². The molecule has 202 valence electrons. The molecule has 0 aromatic rings. The first-order valence-corrected chi connectivity index (χ1v) is 15.7. The van der Waals surface area contributed by atoms with Crippen LogP contribution in [0, 0.1) is 40.4 Å². The van der Waals surface area contributed by atoms with Crippen molar-refractivity contribution in [3.63, 3.8) is 0 Å². The number of esters is 1. The summed E-state index contributed by atoms with van der Waals surface area (Å²) in [5, 5.41) is 0. The van der Waals surface area contributed by atoms with Gasteiger partial charge in [-0.25, -0.2) is 8.78 Å². The SMILES string of the molecule is CC(=O)O[C@H]1CC(F)CC2(Br)C(Br)C[C@H]3[C@@H]4CC[C@H]([C@H](C)CCCC(C)(C)F)[C@@]4(C)CC[C@@H]3[C@@]12C. The normalized spacial score (nSPS) is 48.5. The lowest BCUT2D eigenvalue weighted by Gasteiger charge is -2.67. The number of carbonyl (C=O) groups is 1. The Balaban J connectivity index is 1.59. The highest BCUT2D eigenvalue weighted by molar-refractivity contribution is 9.12. The molecule has 4 aliphatic rings. The molecule has 11 atom stereocenters. The summed E-state index contributed by atoms with van der Waals surface area (Å²) < 4.78 is 34.5. The standard InChI is InChI=1S/C29H46Br2F2O2/c1-17(8-7-12-26(3,4)33)21-9-10-22-20-15-24(30)29(31)16-19(32)14-25(35-18(2)34)28(29,6)23(20)11-13-27(21,22)5/h17,19-25H,7-16H2,1-6H3/t17-,19?,20+,21-,22+,23+,24?,25+,27-,28+,29?/m1/s1. The van der Waals surface area contributed by atoms with E-state index in [-0.39, 0.29) is 16.2 Å². The molecule has 3 unspecified atom stereocenters. The molecule has 4 aliphatic carbocycles. The Morgan fingerprint density at radius 2 is 1.86 bits per heavy atom. The van der Waals surface area contributed by atoms with Crippen LogP contribution in [-0.4, -0.2) is 33.1 Å². The Bertz CT molecular complexity index is 802. The van der Waals surface area contributed by atoms with Crippen molar-refractivity contribution < 1.29 is 18.3 Å². The van der Waals surface area contributed by atoms with E-state index in [9.17, 15) is 13.6 Å². The van der Waals surface area contributed by atoms with Crippen molar-refractivity contribution in [2.75, 3.05) is 0 Å². The second-order valence-corrected chi connectivity index (χ2v) is 16.2. The number of carbonyl (C=O) groups excluding carboxylic acids is 1. The lowest BCUT2D eigenvalue weighted by atomic mass is 9.43. The van der Waals surface area contributed by atoms with Crippen LogP contribution >= 0.6 is 31.9 Å². The summed E-state index contributed by atoms with van der Waals surface area (Å²) in [6.45, 7) is 12.0. The fourth-order valence-corrected chi connectivity index (χ4v) is 11.8. The summed E-state index contributed by atoms with van der Waals surface area (Å²) in [5.74, 6) is 2.58. The molecule has 2 nitrogen and oxygen atoms in total. The number of hydrogen-bond donors (Lipinski definition) is 0. The zero-order valence-electron chi connectivity index (χ0n) is 22.5. The number of hydrogen-bond acceptors (Lipinski definition) is 2. The van der Waals surface area contributed by atoms with Gasteiger partial charge in [-0.05, 0) is 93.8 Å². The molecule has 35 heavy (non-hydrogen) atoms. The molecule has 0 spiro atoms. The molecule has 0 N–H and O–H groups in total. The van der Waals surface area contributed by atoms with Gasteiger partial charge in [0, 0.05) is 23.6 Å². The van der Waals surface area contributed by atoms with Crippen molar-refractivity contribution in [2.45, 2.75) is 133 Å². The molecule has 0 bridgehead atoms. The van der Waals surface area contributed by atoms with E-state index in [0.29, 0.717) is 54.3 Å². The van der Waals surface area contributed by atoms with Gasteiger partial charge < -0.3 is 4.74 Å². The summed E-state index contributed by atoms with van der Waals surface area (Å²) in [6.07, 6.45) is 7.93. The van der Waals surface area contributed by atoms with Crippen molar-refractivity contribution in [3.05, 3.63) is 0 Å². The van der Waals surface area contributed by atoms with Gasteiger partial charge in [0.1, 0.15) is 17.9 Å². The van der Waals surface area contributed by atoms with Gasteiger partial charge in [0.15, 0.2) is 0 Å². The Morgan fingerprint density at radius 1 is 1.17 bits per heavy atom. The molecule has 4 fully saturated rings. The van der Waals surface area contributed by atoms with E-state index in [0.717, 1.165) is 25.7 Å². The van der Waals surface area contributed by atoms with Crippen molar-refractivity contribution in [1.82, 2.24) is 0 Å². The van der Waals surface area contributed by atoms with Crippen LogP contribution < -0.4 is 0 Å². The minimum atomic E-state index is -1.08. The lowest BCUT2D eigenvalue weighted by molar-refractivity contribution is -0.186. The maximum absolute atomic E-state index is 15.0. The Kier molecular flexibility index (Phi) is 7.92. The highest BCUT2D eigenvalue weighted by Crippen LogP contribution is 2.72. The Morgan fingerprint density at radius 3 is 2.49 bits per heavy atom. The molecule has 4 rings (SSSR count). The summed E-state index contributed by atoms with van der Waals surface area (Å²) in [5.41, 5.74) is -1.09. The average Bonchev–Trinajstić information content (AvgIpc) is 3.07. The minimum absolute atomic E-state index is 0.142. The second-order valence-electron chi connectivity index (χ2n) is 13.7. The van der Waals surface area contributed by atoms with Gasteiger partial charge in [-0.1, -0.05) is 65.5 Å². The van der Waals surface area contributed by atoms with Gasteiger partial charge in [-0.2, -0.15) is 0 Å². The molecular weight excluding hydrogens is 578 g/mol. The van der Waals surface area contributed by atoms with E-state index >= 15 is 0 Å². The molecule has 0 saturated heterocycles. The summed E-state index contributed by atoms with van der Waals surface area (Å²) in [6, 6.07) is 0. The maximum atomic E-state index is 15.0. The average molecular weight is 624 g/mol. The fourth-order valence-electron chi connectivity index (χ4n) is 9.56. The van der Waals surface area contributed by atoms with Crippen LogP contribution in [0.5, 0.6) is 0 Å². The van der Waals surface area contributed by atoms with Crippen LogP contribution in [0.2, 0.25) is 0 Å². The third-order valence-electron chi connectivity index (χ3n) is 11.2. The Hall–Kier alpha value is 0.290. The van der Waals surface area contributed by atoms with Gasteiger partial charge in [-0.15, -0.1) is 0 Å². The molecule has 0 radical (unpaired) electrons. The van der Waals surface area contributed by atoms with Crippen molar-refractivity contribution in [1.29, 1.82) is 0 Å². The van der Waals surface area contributed by atoms with Gasteiger partial charge in [-0.3, -0.25) is 4.79 Å². The first kappa shape index (κ1) is 28.3. The van der Waals surface area contributed by atoms with Crippen molar-refractivity contribution in [2.24, 2.45) is 40.4 Å². The molecule has 0 aliphatic heterocycles. The van der Waals surface area contributed by atoms with E-state index < -0.39 is 22.3 Å². The number of halogens is 4. The van der Waals surface area contributed by atoms with Crippen LogP contribution in [0.1, 0.15) is 106 Å². The lowest BCUT2D eigenvalue weighted by Crippen LogP contribution is -2.69. The van der Waals surface area contributed by atoms with Gasteiger partial charge >= 0.3 is 5.97 Å². The zero-order chi connectivity index (χ0) is 26.0. The highest BCUT2D eigenvalue weighted by atomic mass is 79.9. The van der Waals surface area contributed by atoms with Crippen LogP contribution in [0.25, 0.3) is 0 Å². The molecule has 0 heterocycles. The predicted octanol–water partition coefficient (Wildman–Crippen LogP) is 8.97. The highest BCUT2D eigenvalue weighted by Gasteiger charge is 2.70. The molecule has 4 saturated carbocycles. The quantitative estimate of drug-likeness (QED) is 0.218. The number of fused-ring (bicyclic) bond motifs is 5. The van der Waals surface area contributed by atoms with Gasteiger partial charge in [0.25, 0.3) is 0 Å². The molecule has 0 aromatic heterocycles. The Labute approximate surface area is 228 Å². The van der Waals surface area contributed by atoms with E-state index in [1.165, 1.54) is 26.2 Å². The summed E-state index contributed by atoms with van der Waals surface area (Å²) in [7, 11) is 0. The number of ether oxygens (including phenoxy) is 1. The van der Waals surface area contributed by atoms with Crippen LogP contribution in [0.4, 0.5) is 8.78 Å². The minimum Gasteiger partial charge on any atom is -0.462 e. The zero-order valence-corrected chi connectivity index (χ0v) is 25.7. The van der Waals surface area contributed by atoms with Gasteiger partial charge in [0.05, 0.1) is 4.32 Å². The first-order valence-electron chi connectivity index (χ1n) is 14.0. The maximum Gasteiger partial charge on any atom is 0.302 e. The van der Waals surface area contributed by atoms with Crippen LogP contribution in [0.15, 0.2) is 0 Å². The number of rotatable bonds is 6. The van der Waals surface area contributed by atoms with E-state index in [1.807, 2.05) is 0 Å². The van der Waals surface area contributed by atoms with Crippen molar-refractivity contribution >= 4 is 37.8 Å². The third kappa shape index (κ3) is 4.80. The summed E-state index contributed by atoms with van der Waals surface area (Å²) >= 11 is 8.11. The molecule has 0 amide bonds. The molecule has 0 aromatic carbocycles. The van der Waals surface area contributed by atoms with Crippen molar-refractivity contribution in [3.8, 4) is 0 Å². The predicted molar refractivity (Wildman–Crippen MR) is 146 cm³/mol. The van der Waals surface area contributed by atoms with E-state index in [4.69, 9.17) is 4.74 Å². The third-order valence-corrected chi connectivity index (χ3v) is 14.7. The second kappa shape index (κ2) is 9.79. The first-order chi connectivity index (χ1) is 16.1. The smallest absolute Gasteiger partial charge is 0.302 e. The van der Waals surface area contributed by atoms with Crippen LogP contribution in [0.3, 0.4) is 0 Å². The monoisotopic (exact) mass is 622 g/mol. The molecule has 6 heteroatoms. The molecular formula is C29H46Br2F2O2. The number of alkyl halides is 4. The van der Waals surface area contributed by atoms with E-state index in [2.05, 4.69) is 52.6 Å². The van der Waals surface area contributed by atoms with Gasteiger partial charge in [0.2, 0.25) is 0 Å². The topological polar surface area (TPSA) is 26.3 Å². The largest absolute Gasteiger partial charge is 0.462 e. The summed E-state index contributed by atoms with van der Waals surface area (Å²) in [4.78, 5) is 12.2. The van der Waals surface area contributed by atoms with E-state index in [1.54, 1.807) is 13.8 Å².